The van der Waals surface area contributed by atoms with Crippen molar-refractivity contribution in [1.29, 1.82) is 0 Å². The van der Waals surface area contributed by atoms with Crippen LogP contribution in [-0.4, -0.2) is 20.5 Å². The first-order valence-corrected chi connectivity index (χ1v) is 6.38. The van der Waals surface area contributed by atoms with Crippen LogP contribution in [0.1, 0.15) is 18.4 Å². The van der Waals surface area contributed by atoms with E-state index in [0.29, 0.717) is 6.42 Å². The number of hydrogen-bond donors (Lipinski definition) is 0. The number of carbonyl (C=O) groups excluding carboxylic acids is 1. The van der Waals surface area contributed by atoms with Crippen LogP contribution in [0.4, 0.5) is 0 Å². The van der Waals surface area contributed by atoms with E-state index >= 15 is 0 Å². The summed E-state index contributed by atoms with van der Waals surface area (Å²) in [6.45, 7) is 0. The first-order valence-electron chi connectivity index (χ1n) is 6.38. The molecule has 0 heterocycles. The van der Waals surface area contributed by atoms with Crippen molar-refractivity contribution in [2.24, 2.45) is 0 Å². The molecule has 0 spiro atoms. The van der Waals surface area contributed by atoms with Gasteiger partial charge in [0.15, 0.2) is 0 Å². The molecule has 19 heavy (non-hydrogen) atoms. The molecule has 0 unspecified atom stereocenters. The number of aldehydes is 1. The maximum atomic E-state index is 10.4. The second-order valence-electron chi connectivity index (χ2n) is 4.38. The highest BCUT2D eigenvalue weighted by molar-refractivity contribution is 5.94. The van der Waals surface area contributed by atoms with Gasteiger partial charge in [-0.05, 0) is 24.5 Å². The zero-order valence-corrected chi connectivity index (χ0v) is 11.3. The standard InChI is InChI=1S/C16H18O3/c1-18-15-11-12(7-5-6-10-17)16(19-2)14-9-4-3-8-13(14)15/h3-4,8-11H,5-7H2,1-2H3. The van der Waals surface area contributed by atoms with Gasteiger partial charge in [-0.15, -0.1) is 0 Å². The Balaban J connectivity index is 2.52. The van der Waals surface area contributed by atoms with Gasteiger partial charge < -0.3 is 14.3 Å². The number of benzene rings is 2. The molecule has 0 aliphatic heterocycles. The van der Waals surface area contributed by atoms with Crippen LogP contribution in [0.15, 0.2) is 30.3 Å². The predicted molar refractivity (Wildman–Crippen MR) is 76.1 cm³/mol. The highest BCUT2D eigenvalue weighted by Crippen LogP contribution is 2.37. The SMILES string of the molecule is COc1cc(CCCC=O)c(OC)c2ccccc12. The minimum absolute atomic E-state index is 0.568. The first-order chi connectivity index (χ1) is 9.31. The Morgan fingerprint density at radius 1 is 1.11 bits per heavy atom. The predicted octanol–water partition coefficient (Wildman–Crippen LogP) is 3.38. The Kier molecular flexibility index (Phi) is 4.39. The van der Waals surface area contributed by atoms with Gasteiger partial charge in [0.1, 0.15) is 17.8 Å². The lowest BCUT2D eigenvalue weighted by atomic mass is 10.0. The average Bonchev–Trinajstić information content (AvgIpc) is 2.46. The second-order valence-corrected chi connectivity index (χ2v) is 4.38. The van der Waals surface area contributed by atoms with Gasteiger partial charge in [-0.3, -0.25) is 0 Å². The van der Waals surface area contributed by atoms with Gasteiger partial charge in [-0.25, -0.2) is 0 Å². The second kappa shape index (κ2) is 6.23. The van der Waals surface area contributed by atoms with Crippen molar-refractivity contribution >= 4 is 17.1 Å². The number of ether oxygens (including phenoxy) is 2. The molecule has 0 fully saturated rings. The van der Waals surface area contributed by atoms with Gasteiger partial charge >= 0.3 is 0 Å². The zero-order chi connectivity index (χ0) is 13.7. The summed E-state index contributed by atoms with van der Waals surface area (Å²) < 4.78 is 11.0. The third kappa shape index (κ3) is 2.70. The molecule has 0 bridgehead atoms. The molecule has 0 aromatic heterocycles. The molecule has 3 nitrogen and oxygen atoms in total. The fourth-order valence-corrected chi connectivity index (χ4v) is 2.34. The molecule has 0 radical (unpaired) electrons. The summed E-state index contributed by atoms with van der Waals surface area (Å²) in [5.41, 5.74) is 1.08. The summed E-state index contributed by atoms with van der Waals surface area (Å²) in [7, 11) is 3.35. The molecule has 0 amide bonds. The van der Waals surface area contributed by atoms with Crippen molar-refractivity contribution in [3.8, 4) is 11.5 Å². The lowest BCUT2D eigenvalue weighted by Crippen LogP contribution is -1.97. The number of methoxy groups -OCH3 is 2. The highest BCUT2D eigenvalue weighted by atomic mass is 16.5. The number of rotatable bonds is 6. The van der Waals surface area contributed by atoms with Gasteiger partial charge in [0.2, 0.25) is 0 Å². The molecule has 100 valence electrons. The molecule has 0 atom stereocenters. The molecule has 0 saturated heterocycles. The van der Waals surface area contributed by atoms with Gasteiger partial charge in [-0.1, -0.05) is 24.3 Å². The van der Waals surface area contributed by atoms with Crippen LogP contribution in [0, 0.1) is 0 Å². The largest absolute Gasteiger partial charge is 0.496 e. The van der Waals surface area contributed by atoms with Crippen LogP contribution >= 0.6 is 0 Å². The van der Waals surface area contributed by atoms with E-state index in [9.17, 15) is 4.79 Å². The Morgan fingerprint density at radius 2 is 1.84 bits per heavy atom. The van der Waals surface area contributed by atoms with E-state index in [2.05, 4.69) is 0 Å². The molecular formula is C16H18O3. The van der Waals surface area contributed by atoms with Gasteiger partial charge in [0.25, 0.3) is 0 Å². The van der Waals surface area contributed by atoms with Crippen molar-refractivity contribution in [3.05, 3.63) is 35.9 Å². The topological polar surface area (TPSA) is 35.5 Å². The number of fused-ring (bicyclic) bond motifs is 1. The van der Waals surface area contributed by atoms with Crippen LogP contribution in [0.3, 0.4) is 0 Å². The van der Waals surface area contributed by atoms with Gasteiger partial charge in [-0.2, -0.15) is 0 Å². The van der Waals surface area contributed by atoms with E-state index in [4.69, 9.17) is 9.47 Å². The summed E-state index contributed by atoms with van der Waals surface area (Å²) >= 11 is 0. The zero-order valence-electron chi connectivity index (χ0n) is 11.3. The molecule has 0 aliphatic carbocycles. The Morgan fingerprint density at radius 3 is 2.47 bits per heavy atom. The molecular weight excluding hydrogens is 240 g/mol. The number of hydrogen-bond acceptors (Lipinski definition) is 3. The summed E-state index contributed by atoms with van der Waals surface area (Å²) in [4.78, 5) is 10.4. The summed E-state index contributed by atoms with van der Waals surface area (Å²) in [5.74, 6) is 1.72. The number of aryl methyl sites for hydroxylation is 1. The van der Waals surface area contributed by atoms with Crippen molar-refractivity contribution in [2.75, 3.05) is 14.2 Å². The lowest BCUT2D eigenvalue weighted by molar-refractivity contribution is -0.107. The van der Waals surface area contributed by atoms with Crippen molar-refractivity contribution in [1.82, 2.24) is 0 Å². The highest BCUT2D eigenvalue weighted by Gasteiger charge is 2.12. The molecule has 0 N–H and O–H groups in total. The van der Waals surface area contributed by atoms with E-state index in [1.165, 1.54) is 0 Å². The average molecular weight is 258 g/mol. The van der Waals surface area contributed by atoms with Crippen molar-refractivity contribution in [3.63, 3.8) is 0 Å². The summed E-state index contributed by atoms with van der Waals surface area (Å²) in [6.07, 6.45) is 3.15. The normalized spacial score (nSPS) is 10.4. The lowest BCUT2D eigenvalue weighted by Gasteiger charge is -2.14. The van der Waals surface area contributed by atoms with Crippen LogP contribution in [0.2, 0.25) is 0 Å². The van der Waals surface area contributed by atoms with Crippen molar-refractivity contribution in [2.45, 2.75) is 19.3 Å². The van der Waals surface area contributed by atoms with Crippen LogP contribution in [0.25, 0.3) is 10.8 Å². The Hall–Kier alpha value is -2.03. The Bertz CT molecular complexity index is 575. The van der Waals surface area contributed by atoms with Crippen LogP contribution < -0.4 is 9.47 Å². The smallest absolute Gasteiger partial charge is 0.130 e. The van der Waals surface area contributed by atoms with Crippen LogP contribution in [0.5, 0.6) is 11.5 Å². The summed E-state index contributed by atoms with van der Waals surface area (Å²) in [6, 6.07) is 10.0. The summed E-state index contributed by atoms with van der Waals surface area (Å²) in [5, 5.41) is 2.09. The van der Waals surface area contributed by atoms with E-state index in [1.807, 2.05) is 30.3 Å². The molecule has 3 heteroatoms. The number of unbranched alkanes of at least 4 members (excludes halogenated alkanes) is 1. The fourth-order valence-electron chi connectivity index (χ4n) is 2.34. The van der Waals surface area contributed by atoms with Gasteiger partial charge in [0, 0.05) is 17.2 Å². The third-order valence-electron chi connectivity index (χ3n) is 3.23. The Labute approximate surface area is 113 Å². The monoisotopic (exact) mass is 258 g/mol. The molecule has 2 aromatic carbocycles. The maximum absolute atomic E-state index is 10.4. The molecule has 2 rings (SSSR count). The maximum Gasteiger partial charge on any atom is 0.130 e. The molecule has 0 saturated carbocycles. The minimum atomic E-state index is 0.568. The third-order valence-corrected chi connectivity index (χ3v) is 3.23. The quantitative estimate of drug-likeness (QED) is 0.588. The molecule has 0 aliphatic rings. The molecule has 2 aromatic rings. The van der Waals surface area contributed by atoms with E-state index in [-0.39, 0.29) is 0 Å². The first kappa shape index (κ1) is 13.4. The van der Waals surface area contributed by atoms with Crippen molar-refractivity contribution < 1.29 is 14.3 Å². The minimum Gasteiger partial charge on any atom is -0.496 e. The van der Waals surface area contributed by atoms with E-state index < -0.39 is 0 Å². The van der Waals surface area contributed by atoms with E-state index in [0.717, 1.165) is 47.0 Å². The van der Waals surface area contributed by atoms with E-state index in [1.54, 1.807) is 14.2 Å². The number of carbonyl (C=O) groups is 1. The van der Waals surface area contributed by atoms with Crippen LogP contribution in [-0.2, 0) is 11.2 Å². The van der Waals surface area contributed by atoms with Gasteiger partial charge in [0.05, 0.1) is 14.2 Å². The fraction of sp³-hybridized carbons (Fsp3) is 0.312.